The minimum absolute atomic E-state index is 0.744. The van der Waals surface area contributed by atoms with Gasteiger partial charge in [-0.05, 0) is 85.9 Å². The first-order chi connectivity index (χ1) is 17.8. The van der Waals surface area contributed by atoms with Crippen LogP contribution in [-0.2, 0) is 0 Å². The third kappa shape index (κ3) is 10.7. The van der Waals surface area contributed by atoms with Gasteiger partial charge in [0.05, 0.1) is 0 Å². The van der Waals surface area contributed by atoms with E-state index in [4.69, 9.17) is 0 Å². The Morgan fingerprint density at radius 3 is 1.67 bits per heavy atom. The SMILES string of the molecule is CCCCCCCCC#Cc1ccc(C#Cc2ccc(C3CCC(CCCCCC)CC3)cc2)cc1. The zero-order chi connectivity index (χ0) is 25.3. The molecule has 0 heterocycles. The minimum atomic E-state index is 0.744. The van der Waals surface area contributed by atoms with E-state index in [0.717, 1.165) is 34.9 Å². The van der Waals surface area contributed by atoms with Gasteiger partial charge in [-0.1, -0.05) is 114 Å². The van der Waals surface area contributed by atoms with E-state index < -0.39 is 0 Å². The van der Waals surface area contributed by atoms with E-state index in [9.17, 15) is 0 Å². The maximum absolute atomic E-state index is 3.35. The lowest BCUT2D eigenvalue weighted by atomic mass is 9.77. The highest BCUT2D eigenvalue weighted by molar-refractivity contribution is 5.46. The molecule has 0 N–H and O–H groups in total. The second kappa shape index (κ2) is 17.1. The molecule has 3 rings (SSSR count). The molecule has 192 valence electrons. The first-order valence-corrected chi connectivity index (χ1v) is 15.0. The van der Waals surface area contributed by atoms with E-state index in [1.165, 1.54) is 102 Å². The third-order valence-corrected chi connectivity index (χ3v) is 7.82. The molecule has 1 aliphatic rings. The van der Waals surface area contributed by atoms with Gasteiger partial charge in [0.25, 0.3) is 0 Å². The summed E-state index contributed by atoms with van der Waals surface area (Å²) in [4.78, 5) is 0. The van der Waals surface area contributed by atoms with Crippen LogP contribution in [0.25, 0.3) is 0 Å². The average molecular weight is 481 g/mol. The standard InChI is InChI=1S/C36H48/c1-3-5-7-9-10-11-12-14-16-31-17-19-33(20-18-31)21-22-34-25-29-36(30-26-34)35-27-23-32(24-28-35)15-13-8-6-4-2/h17-20,25-26,29-30,32,35H,3-13,15,23-24,27-28H2,1-2H3. The number of rotatable bonds is 12. The quantitative estimate of drug-likeness (QED) is 0.209. The van der Waals surface area contributed by atoms with E-state index in [2.05, 4.69) is 86.1 Å². The molecule has 0 amide bonds. The van der Waals surface area contributed by atoms with Crippen molar-refractivity contribution in [2.24, 2.45) is 5.92 Å². The lowest BCUT2D eigenvalue weighted by Crippen LogP contribution is -2.13. The summed E-state index contributed by atoms with van der Waals surface area (Å²) >= 11 is 0. The molecule has 0 radical (unpaired) electrons. The fourth-order valence-corrected chi connectivity index (χ4v) is 5.42. The van der Waals surface area contributed by atoms with Gasteiger partial charge >= 0.3 is 0 Å². The maximum Gasteiger partial charge on any atom is 0.0249 e. The Balaban J connectivity index is 1.40. The minimum Gasteiger partial charge on any atom is -0.0979 e. The number of hydrogen-bond donors (Lipinski definition) is 0. The number of unbranched alkanes of at least 4 members (excludes halogenated alkanes) is 9. The van der Waals surface area contributed by atoms with Crippen LogP contribution >= 0.6 is 0 Å². The molecule has 0 saturated heterocycles. The molecule has 0 nitrogen and oxygen atoms in total. The van der Waals surface area contributed by atoms with Gasteiger partial charge < -0.3 is 0 Å². The van der Waals surface area contributed by atoms with E-state index in [1.807, 2.05) is 0 Å². The van der Waals surface area contributed by atoms with Crippen molar-refractivity contribution in [3.63, 3.8) is 0 Å². The molecule has 0 aromatic heterocycles. The molecule has 1 aliphatic carbocycles. The molecule has 1 fully saturated rings. The van der Waals surface area contributed by atoms with Crippen LogP contribution in [0.3, 0.4) is 0 Å². The van der Waals surface area contributed by atoms with Gasteiger partial charge in [-0.25, -0.2) is 0 Å². The second-order valence-electron chi connectivity index (χ2n) is 10.8. The van der Waals surface area contributed by atoms with Crippen molar-refractivity contribution in [3.8, 4) is 23.7 Å². The molecular weight excluding hydrogens is 432 g/mol. The van der Waals surface area contributed by atoms with Crippen molar-refractivity contribution >= 4 is 0 Å². The van der Waals surface area contributed by atoms with Crippen LogP contribution in [0.15, 0.2) is 48.5 Å². The summed E-state index contributed by atoms with van der Waals surface area (Å²) in [5.74, 6) is 15.0. The summed E-state index contributed by atoms with van der Waals surface area (Å²) in [5, 5.41) is 0. The Morgan fingerprint density at radius 1 is 0.556 bits per heavy atom. The highest BCUT2D eigenvalue weighted by Crippen LogP contribution is 2.37. The third-order valence-electron chi connectivity index (χ3n) is 7.82. The van der Waals surface area contributed by atoms with Crippen LogP contribution in [0.1, 0.15) is 145 Å². The summed E-state index contributed by atoms with van der Waals surface area (Å²) < 4.78 is 0. The van der Waals surface area contributed by atoms with Crippen LogP contribution in [-0.4, -0.2) is 0 Å². The van der Waals surface area contributed by atoms with Crippen molar-refractivity contribution in [1.29, 1.82) is 0 Å². The Morgan fingerprint density at radius 2 is 1.06 bits per heavy atom. The predicted molar refractivity (Wildman–Crippen MR) is 157 cm³/mol. The first-order valence-electron chi connectivity index (χ1n) is 15.0. The molecule has 0 atom stereocenters. The van der Waals surface area contributed by atoms with Crippen LogP contribution in [0.2, 0.25) is 0 Å². The molecule has 1 saturated carbocycles. The van der Waals surface area contributed by atoms with Gasteiger partial charge in [0, 0.05) is 23.1 Å². The lowest BCUT2D eigenvalue weighted by Gasteiger charge is -2.29. The Labute approximate surface area is 222 Å². The summed E-state index contributed by atoms with van der Waals surface area (Å²) in [6, 6.07) is 17.4. The largest absolute Gasteiger partial charge is 0.0979 e. The molecule has 0 bridgehead atoms. The molecule has 36 heavy (non-hydrogen) atoms. The first kappa shape index (κ1) is 28.1. The van der Waals surface area contributed by atoms with Crippen molar-refractivity contribution in [3.05, 3.63) is 70.8 Å². The van der Waals surface area contributed by atoms with Crippen LogP contribution < -0.4 is 0 Å². The van der Waals surface area contributed by atoms with E-state index >= 15 is 0 Å². The van der Waals surface area contributed by atoms with Crippen LogP contribution in [0.4, 0.5) is 0 Å². The smallest absolute Gasteiger partial charge is 0.0249 e. The van der Waals surface area contributed by atoms with Crippen molar-refractivity contribution in [2.45, 2.75) is 122 Å². The topological polar surface area (TPSA) is 0 Å². The summed E-state index contributed by atoms with van der Waals surface area (Å²) in [7, 11) is 0. The fraction of sp³-hybridized carbons (Fsp3) is 0.556. The Bertz CT molecular complexity index is 963. The summed E-state index contributed by atoms with van der Waals surface area (Å²) in [6.45, 7) is 4.56. The highest BCUT2D eigenvalue weighted by Gasteiger charge is 2.21. The molecule has 2 aromatic carbocycles. The monoisotopic (exact) mass is 480 g/mol. The van der Waals surface area contributed by atoms with Crippen molar-refractivity contribution in [1.82, 2.24) is 0 Å². The highest BCUT2D eigenvalue weighted by atomic mass is 14.3. The van der Waals surface area contributed by atoms with E-state index in [0.29, 0.717) is 0 Å². The van der Waals surface area contributed by atoms with E-state index in [1.54, 1.807) is 0 Å². The zero-order valence-corrected chi connectivity index (χ0v) is 23.1. The van der Waals surface area contributed by atoms with Gasteiger partial charge in [-0.3, -0.25) is 0 Å². The maximum atomic E-state index is 3.35. The molecule has 0 unspecified atom stereocenters. The molecule has 2 aromatic rings. The van der Waals surface area contributed by atoms with E-state index in [-0.39, 0.29) is 0 Å². The Hall–Kier alpha value is -2.44. The average Bonchev–Trinajstić information content (AvgIpc) is 2.93. The van der Waals surface area contributed by atoms with Crippen molar-refractivity contribution in [2.75, 3.05) is 0 Å². The predicted octanol–water partition coefficient (Wildman–Crippen LogP) is 10.4. The molecule has 0 aliphatic heterocycles. The van der Waals surface area contributed by atoms with Gasteiger partial charge in [0.2, 0.25) is 0 Å². The number of hydrogen-bond acceptors (Lipinski definition) is 0. The molecular formula is C36H48. The van der Waals surface area contributed by atoms with Crippen LogP contribution in [0.5, 0.6) is 0 Å². The fourth-order valence-electron chi connectivity index (χ4n) is 5.42. The van der Waals surface area contributed by atoms with Crippen molar-refractivity contribution < 1.29 is 0 Å². The summed E-state index contributed by atoms with van der Waals surface area (Å²) in [6.07, 6.45) is 21.6. The molecule has 0 heteroatoms. The molecule has 0 spiro atoms. The normalized spacial score (nSPS) is 17.1. The van der Waals surface area contributed by atoms with Gasteiger partial charge in [-0.2, -0.15) is 0 Å². The van der Waals surface area contributed by atoms with Gasteiger partial charge in [-0.15, -0.1) is 0 Å². The zero-order valence-electron chi connectivity index (χ0n) is 23.1. The number of benzene rings is 2. The van der Waals surface area contributed by atoms with Gasteiger partial charge in [0.1, 0.15) is 0 Å². The van der Waals surface area contributed by atoms with Gasteiger partial charge in [0.15, 0.2) is 0 Å². The second-order valence-corrected chi connectivity index (χ2v) is 10.8. The lowest BCUT2D eigenvalue weighted by molar-refractivity contribution is 0.302. The van der Waals surface area contributed by atoms with Crippen LogP contribution in [0, 0.1) is 29.6 Å². The summed E-state index contributed by atoms with van der Waals surface area (Å²) in [5.41, 5.74) is 4.75. The Kier molecular flexibility index (Phi) is 13.4.